The van der Waals surface area contributed by atoms with Gasteiger partial charge < -0.3 is 36.8 Å². The first kappa shape index (κ1) is 25.4. The Morgan fingerprint density at radius 3 is 2.88 bits per heavy atom. The van der Waals surface area contributed by atoms with E-state index in [1.165, 1.54) is 14.7 Å². The standard InChI is InChI=1S/C22H31N5O4S3/c1-10-17-16(11(2)28)20(29)27(17)18(21(30)31)19(10)34-13-7-14(25-9-13)15-4-3-12(33-15)8-26-22(32)24-6-5-23/h3-4,10-11,13-14,16-17,25,28H,5-9,23H2,1-2H3,(H,30,31)(H2,24,26,32)/t10-,11-,13-,14?,16?,17-/m1/s1. The lowest BCUT2D eigenvalue weighted by Gasteiger charge is -2.46. The first-order chi connectivity index (χ1) is 16.2. The molecule has 2 unspecified atom stereocenters. The van der Waals surface area contributed by atoms with Crippen LogP contribution in [0.1, 0.15) is 36.1 Å². The van der Waals surface area contributed by atoms with Crippen LogP contribution in [0.25, 0.3) is 0 Å². The molecule has 1 aromatic rings. The molecule has 3 aliphatic rings. The van der Waals surface area contributed by atoms with E-state index in [0.717, 1.165) is 17.9 Å². The number of nitrogens with one attached hydrogen (secondary N) is 3. The molecule has 0 spiro atoms. The minimum Gasteiger partial charge on any atom is -0.477 e. The fourth-order valence-corrected chi connectivity index (χ4v) is 7.65. The first-order valence-corrected chi connectivity index (χ1v) is 13.5. The molecule has 186 valence electrons. The molecule has 0 aromatic carbocycles. The highest BCUT2D eigenvalue weighted by Gasteiger charge is 2.60. The summed E-state index contributed by atoms with van der Waals surface area (Å²) in [6.07, 6.45) is 0.0808. The van der Waals surface area contributed by atoms with Gasteiger partial charge >= 0.3 is 5.97 Å². The van der Waals surface area contributed by atoms with E-state index in [1.54, 1.807) is 30.0 Å². The quantitative estimate of drug-likeness (QED) is 0.204. The molecule has 1 amide bonds. The molecule has 3 aliphatic heterocycles. The van der Waals surface area contributed by atoms with Crippen molar-refractivity contribution in [1.29, 1.82) is 0 Å². The average molecular weight is 526 g/mol. The third-order valence-electron chi connectivity index (χ3n) is 6.57. The Bertz CT molecular complexity index is 997. The third kappa shape index (κ3) is 4.84. The van der Waals surface area contributed by atoms with Crippen LogP contribution in [0.4, 0.5) is 0 Å². The predicted octanol–water partition coefficient (Wildman–Crippen LogP) is 0.961. The molecular weight excluding hydrogens is 494 g/mol. The number of thioether (sulfide) groups is 1. The van der Waals surface area contributed by atoms with Crippen molar-refractivity contribution in [2.75, 3.05) is 19.6 Å². The summed E-state index contributed by atoms with van der Waals surface area (Å²) in [4.78, 5) is 29.1. The van der Waals surface area contributed by atoms with Crippen LogP contribution in [0.2, 0.25) is 0 Å². The SMILES string of the molecule is C[C@@H](O)C1C(=O)N2C(C(=O)O)=C(S[C@H]3CNC(c4ccc(CNC(=S)NCCN)s4)C3)[C@H](C)[C@H]12. The third-order valence-corrected chi connectivity index (χ3v) is 9.57. The second-order valence-corrected chi connectivity index (χ2v) is 11.9. The smallest absolute Gasteiger partial charge is 0.353 e. The topological polar surface area (TPSA) is 140 Å². The summed E-state index contributed by atoms with van der Waals surface area (Å²) < 4.78 is 0. The van der Waals surface area contributed by atoms with Gasteiger partial charge in [-0.2, -0.15) is 0 Å². The molecule has 2 saturated heterocycles. The molecular formula is C22H31N5O4S3. The molecule has 0 radical (unpaired) electrons. The fourth-order valence-electron chi connectivity index (χ4n) is 4.96. The van der Waals surface area contributed by atoms with Crippen molar-refractivity contribution in [3.8, 4) is 0 Å². The van der Waals surface area contributed by atoms with Crippen LogP contribution in [-0.2, 0) is 16.1 Å². The highest BCUT2D eigenvalue weighted by molar-refractivity contribution is 8.03. The predicted molar refractivity (Wildman–Crippen MR) is 137 cm³/mol. The van der Waals surface area contributed by atoms with Crippen LogP contribution in [0.3, 0.4) is 0 Å². The minimum atomic E-state index is -1.08. The van der Waals surface area contributed by atoms with Gasteiger partial charge in [0.1, 0.15) is 5.70 Å². The summed E-state index contributed by atoms with van der Waals surface area (Å²) in [6, 6.07) is 4.15. The van der Waals surface area contributed by atoms with Crippen molar-refractivity contribution < 1.29 is 19.8 Å². The molecule has 0 saturated carbocycles. The Kier molecular flexibility index (Phi) is 7.85. The van der Waals surface area contributed by atoms with E-state index in [9.17, 15) is 19.8 Å². The number of thiophene rings is 1. The van der Waals surface area contributed by atoms with Crippen molar-refractivity contribution in [2.45, 2.75) is 50.3 Å². The second kappa shape index (κ2) is 10.5. The highest BCUT2D eigenvalue weighted by Crippen LogP contribution is 2.52. The number of carboxylic acids is 1. The summed E-state index contributed by atoms with van der Waals surface area (Å²) in [5.74, 6) is -2.01. The number of aliphatic hydroxyl groups excluding tert-OH is 1. The van der Waals surface area contributed by atoms with Crippen molar-refractivity contribution in [1.82, 2.24) is 20.9 Å². The van der Waals surface area contributed by atoms with Gasteiger partial charge in [-0.25, -0.2) is 4.79 Å². The van der Waals surface area contributed by atoms with Gasteiger partial charge in [-0.3, -0.25) is 4.79 Å². The molecule has 12 heteroatoms. The lowest BCUT2D eigenvalue weighted by Crippen LogP contribution is -2.63. The molecule has 4 rings (SSSR count). The number of amides is 1. The number of β-lactam (4-membered cyclic amide) rings is 1. The highest BCUT2D eigenvalue weighted by atomic mass is 32.2. The zero-order valence-electron chi connectivity index (χ0n) is 19.1. The molecule has 9 nitrogen and oxygen atoms in total. The number of carboxylic acid groups (broad SMARTS) is 1. The van der Waals surface area contributed by atoms with Gasteiger partial charge in [-0.05, 0) is 37.7 Å². The van der Waals surface area contributed by atoms with Gasteiger partial charge in [-0.15, -0.1) is 23.1 Å². The zero-order valence-corrected chi connectivity index (χ0v) is 21.6. The maximum Gasteiger partial charge on any atom is 0.353 e. The number of fused-ring (bicyclic) bond motifs is 1. The van der Waals surface area contributed by atoms with Crippen molar-refractivity contribution in [3.63, 3.8) is 0 Å². The van der Waals surface area contributed by atoms with E-state index < -0.39 is 18.0 Å². The number of nitrogens with zero attached hydrogens (tertiary/aromatic N) is 1. The molecule has 4 heterocycles. The number of carbonyl (C=O) groups excluding carboxylic acids is 1. The number of hydrogen-bond donors (Lipinski definition) is 6. The average Bonchev–Trinajstić information content (AvgIpc) is 3.49. The number of carbonyl (C=O) groups is 2. The van der Waals surface area contributed by atoms with E-state index in [1.807, 2.05) is 6.92 Å². The first-order valence-electron chi connectivity index (χ1n) is 11.4. The molecule has 34 heavy (non-hydrogen) atoms. The van der Waals surface area contributed by atoms with Crippen LogP contribution in [-0.4, -0.2) is 69.1 Å². The Morgan fingerprint density at radius 1 is 1.44 bits per heavy atom. The Balaban J connectivity index is 1.37. The van der Waals surface area contributed by atoms with Gasteiger partial charge in [0.05, 0.1) is 24.6 Å². The summed E-state index contributed by atoms with van der Waals surface area (Å²) in [6.45, 7) is 6.13. The van der Waals surface area contributed by atoms with E-state index in [-0.39, 0.29) is 34.9 Å². The number of nitrogens with two attached hydrogens (primary N) is 1. The van der Waals surface area contributed by atoms with Gasteiger partial charge in [-0.1, -0.05) is 6.92 Å². The fraction of sp³-hybridized carbons (Fsp3) is 0.591. The largest absolute Gasteiger partial charge is 0.477 e. The van der Waals surface area contributed by atoms with Crippen molar-refractivity contribution in [2.24, 2.45) is 17.6 Å². The van der Waals surface area contributed by atoms with Crippen LogP contribution < -0.4 is 21.7 Å². The Morgan fingerprint density at radius 2 is 2.21 bits per heavy atom. The summed E-state index contributed by atoms with van der Waals surface area (Å²) >= 11 is 8.53. The van der Waals surface area contributed by atoms with E-state index >= 15 is 0 Å². The van der Waals surface area contributed by atoms with Crippen LogP contribution in [0.5, 0.6) is 0 Å². The second-order valence-electron chi connectivity index (χ2n) is 8.91. The summed E-state index contributed by atoms with van der Waals surface area (Å²) in [5.41, 5.74) is 5.57. The molecule has 6 atom stereocenters. The normalized spacial score (nSPS) is 29.1. The van der Waals surface area contributed by atoms with Gasteiger partial charge in [0, 0.05) is 51.5 Å². The molecule has 0 aliphatic carbocycles. The van der Waals surface area contributed by atoms with E-state index in [4.69, 9.17) is 18.0 Å². The lowest BCUT2D eigenvalue weighted by atomic mass is 9.79. The van der Waals surface area contributed by atoms with Gasteiger partial charge in [0.2, 0.25) is 5.91 Å². The monoisotopic (exact) mass is 525 g/mol. The Labute approximate surface area is 212 Å². The summed E-state index contributed by atoms with van der Waals surface area (Å²) in [5, 5.41) is 30.4. The minimum absolute atomic E-state index is 0.0940. The van der Waals surface area contributed by atoms with Crippen LogP contribution in [0, 0.1) is 11.8 Å². The zero-order chi connectivity index (χ0) is 24.6. The van der Waals surface area contributed by atoms with E-state index in [2.05, 4.69) is 28.1 Å². The number of aliphatic carboxylic acids is 1. The Hall–Kier alpha value is -1.70. The number of rotatable bonds is 9. The molecule has 1 aromatic heterocycles. The lowest BCUT2D eigenvalue weighted by molar-refractivity contribution is -0.163. The number of thiocarbonyl (C=S) groups is 1. The number of hydrogen-bond acceptors (Lipinski definition) is 8. The summed E-state index contributed by atoms with van der Waals surface area (Å²) in [7, 11) is 0. The van der Waals surface area contributed by atoms with Gasteiger partial charge in [0.15, 0.2) is 5.11 Å². The number of aliphatic hydroxyl groups is 1. The van der Waals surface area contributed by atoms with E-state index in [0.29, 0.717) is 24.7 Å². The van der Waals surface area contributed by atoms with Crippen molar-refractivity contribution >= 4 is 52.3 Å². The molecule has 2 fully saturated rings. The van der Waals surface area contributed by atoms with Crippen LogP contribution in [0.15, 0.2) is 22.7 Å². The van der Waals surface area contributed by atoms with Crippen molar-refractivity contribution in [3.05, 3.63) is 32.5 Å². The maximum atomic E-state index is 12.5. The molecule has 7 N–H and O–H groups in total. The van der Waals surface area contributed by atoms with Crippen LogP contribution >= 0.6 is 35.3 Å². The van der Waals surface area contributed by atoms with Gasteiger partial charge in [0.25, 0.3) is 0 Å². The maximum absolute atomic E-state index is 12.5. The molecule has 0 bridgehead atoms.